The quantitative estimate of drug-likeness (QED) is 0.748. The number of rotatable bonds is 6. The van der Waals surface area contributed by atoms with Crippen LogP contribution < -0.4 is 16.0 Å². The van der Waals surface area contributed by atoms with E-state index in [1.807, 2.05) is 19.2 Å². The van der Waals surface area contributed by atoms with Gasteiger partial charge in [-0.1, -0.05) is 6.07 Å². The fourth-order valence-electron chi connectivity index (χ4n) is 2.00. The molecule has 128 valence electrons. The van der Waals surface area contributed by atoms with Crippen LogP contribution in [-0.4, -0.2) is 30.6 Å². The summed E-state index contributed by atoms with van der Waals surface area (Å²) in [5.41, 5.74) is 2.09. The van der Waals surface area contributed by atoms with Crippen molar-refractivity contribution in [3.63, 3.8) is 0 Å². The summed E-state index contributed by atoms with van der Waals surface area (Å²) in [4.78, 5) is 27.9. The van der Waals surface area contributed by atoms with Crippen molar-refractivity contribution in [3.05, 3.63) is 40.3 Å². The minimum Gasteiger partial charge on any atom is -0.375 e. The number of aryl methyl sites for hydroxylation is 1. The monoisotopic (exact) mass is 348 g/mol. The Balaban J connectivity index is 1.92. The third kappa shape index (κ3) is 5.32. The highest BCUT2D eigenvalue weighted by molar-refractivity contribution is 7.09. The minimum absolute atomic E-state index is 0.0249. The van der Waals surface area contributed by atoms with Gasteiger partial charge in [0.15, 0.2) is 0 Å². The van der Waals surface area contributed by atoms with Crippen LogP contribution in [0, 0.1) is 6.92 Å². The fourth-order valence-corrected chi connectivity index (χ4v) is 2.80. The highest BCUT2D eigenvalue weighted by Crippen LogP contribution is 2.18. The molecule has 3 N–H and O–H groups in total. The molecule has 0 saturated carbocycles. The Morgan fingerprint density at radius 2 is 2.00 bits per heavy atom. The van der Waals surface area contributed by atoms with Gasteiger partial charge in [-0.25, -0.2) is 9.78 Å². The molecule has 0 bridgehead atoms. The van der Waals surface area contributed by atoms with Crippen LogP contribution in [0.4, 0.5) is 16.2 Å². The molecular formula is C16H20N4O3S. The maximum absolute atomic E-state index is 12.1. The van der Waals surface area contributed by atoms with Crippen molar-refractivity contribution in [1.82, 2.24) is 10.3 Å². The van der Waals surface area contributed by atoms with Crippen LogP contribution >= 0.6 is 11.3 Å². The number of carbonyl (C=O) groups excluding carboxylic acids is 2. The molecule has 0 aliphatic heterocycles. The van der Waals surface area contributed by atoms with E-state index in [1.54, 1.807) is 24.3 Å². The lowest BCUT2D eigenvalue weighted by Gasteiger charge is -2.13. The number of ether oxygens (including phenoxy) is 1. The van der Waals surface area contributed by atoms with Crippen LogP contribution in [0.25, 0.3) is 0 Å². The van der Waals surface area contributed by atoms with Gasteiger partial charge in [0.25, 0.3) is 0 Å². The van der Waals surface area contributed by atoms with Crippen molar-refractivity contribution in [2.45, 2.75) is 19.9 Å². The number of thiazole rings is 1. The minimum atomic E-state index is -0.337. The zero-order chi connectivity index (χ0) is 17.5. The Morgan fingerprint density at radius 3 is 2.62 bits per heavy atom. The van der Waals surface area contributed by atoms with Gasteiger partial charge in [-0.3, -0.25) is 4.79 Å². The van der Waals surface area contributed by atoms with Crippen molar-refractivity contribution in [3.8, 4) is 0 Å². The summed E-state index contributed by atoms with van der Waals surface area (Å²) >= 11 is 1.51. The van der Waals surface area contributed by atoms with Crippen LogP contribution in [0.15, 0.2) is 29.6 Å². The summed E-state index contributed by atoms with van der Waals surface area (Å²) in [5.74, 6) is -0.258. The van der Waals surface area contributed by atoms with Gasteiger partial charge in [0, 0.05) is 29.6 Å². The lowest BCUT2D eigenvalue weighted by atomic mass is 10.2. The van der Waals surface area contributed by atoms with E-state index in [1.165, 1.54) is 18.4 Å². The van der Waals surface area contributed by atoms with Crippen LogP contribution in [0.2, 0.25) is 0 Å². The average Bonchev–Trinajstić information content (AvgIpc) is 2.94. The lowest BCUT2D eigenvalue weighted by molar-refractivity contribution is -0.119. The number of benzene rings is 1. The summed E-state index contributed by atoms with van der Waals surface area (Å²) in [6.07, 6.45) is 0. The number of aromatic nitrogens is 1. The van der Waals surface area contributed by atoms with Crippen LogP contribution in [0.5, 0.6) is 0 Å². The third-order valence-corrected chi connectivity index (χ3v) is 4.18. The van der Waals surface area contributed by atoms with E-state index in [0.29, 0.717) is 11.4 Å². The van der Waals surface area contributed by atoms with Gasteiger partial charge in [0.2, 0.25) is 5.91 Å². The first-order valence-corrected chi connectivity index (χ1v) is 8.24. The highest BCUT2D eigenvalue weighted by Gasteiger charge is 2.13. The van der Waals surface area contributed by atoms with E-state index in [2.05, 4.69) is 20.9 Å². The number of carbonyl (C=O) groups is 2. The molecule has 0 aliphatic rings. The predicted molar refractivity (Wildman–Crippen MR) is 94.4 cm³/mol. The largest absolute Gasteiger partial charge is 0.375 e. The van der Waals surface area contributed by atoms with E-state index in [9.17, 15) is 9.59 Å². The molecule has 2 rings (SSSR count). The van der Waals surface area contributed by atoms with E-state index in [4.69, 9.17) is 4.74 Å². The van der Waals surface area contributed by atoms with Crippen LogP contribution in [0.1, 0.15) is 23.7 Å². The Morgan fingerprint density at radius 1 is 1.29 bits per heavy atom. The standard InChI is InChI=1S/C16H20N4O3S/c1-10-9-24-15(17-10)11(2)18-16(22)20-13-6-4-5-12(7-13)19-14(21)8-23-3/h4-7,9,11H,8H2,1-3H3,(H,19,21)(H2,18,20,22)/t11-/m0/s1. The molecule has 24 heavy (non-hydrogen) atoms. The smallest absolute Gasteiger partial charge is 0.319 e. The van der Waals surface area contributed by atoms with Gasteiger partial charge in [0.05, 0.1) is 6.04 Å². The molecule has 3 amide bonds. The topological polar surface area (TPSA) is 92.4 Å². The average molecular weight is 348 g/mol. The van der Waals surface area contributed by atoms with E-state index >= 15 is 0 Å². The number of nitrogens with one attached hydrogen (secondary N) is 3. The lowest BCUT2D eigenvalue weighted by Crippen LogP contribution is -2.31. The van der Waals surface area contributed by atoms with Gasteiger partial charge >= 0.3 is 6.03 Å². The number of amides is 3. The fraction of sp³-hybridized carbons (Fsp3) is 0.312. The number of anilines is 2. The number of hydrogen-bond acceptors (Lipinski definition) is 5. The Kier molecular flexibility index (Phi) is 6.28. The second kappa shape index (κ2) is 8.42. The summed E-state index contributed by atoms with van der Waals surface area (Å²) in [5, 5.41) is 11.0. The molecule has 2 aromatic rings. The summed E-state index contributed by atoms with van der Waals surface area (Å²) in [6, 6.07) is 6.36. The first-order valence-electron chi connectivity index (χ1n) is 7.36. The molecule has 0 aliphatic carbocycles. The summed E-state index contributed by atoms with van der Waals surface area (Å²) < 4.78 is 4.76. The molecule has 1 aromatic heterocycles. The molecule has 1 aromatic carbocycles. The van der Waals surface area contributed by atoms with Crippen molar-refractivity contribution in [2.24, 2.45) is 0 Å². The maximum Gasteiger partial charge on any atom is 0.319 e. The first-order chi connectivity index (χ1) is 11.5. The van der Waals surface area contributed by atoms with Gasteiger partial charge in [-0.2, -0.15) is 0 Å². The van der Waals surface area contributed by atoms with E-state index < -0.39 is 0 Å². The predicted octanol–water partition coefficient (Wildman–Crippen LogP) is 2.92. The van der Waals surface area contributed by atoms with E-state index in [-0.39, 0.29) is 24.6 Å². The Hall–Kier alpha value is -2.45. The second-order valence-electron chi connectivity index (χ2n) is 5.21. The SMILES string of the molecule is COCC(=O)Nc1cccc(NC(=O)N[C@@H](C)c2nc(C)cs2)c1. The molecule has 0 fully saturated rings. The number of methoxy groups -OCH3 is 1. The van der Waals surface area contributed by atoms with Gasteiger partial charge in [-0.15, -0.1) is 11.3 Å². The van der Waals surface area contributed by atoms with E-state index in [0.717, 1.165) is 10.7 Å². The van der Waals surface area contributed by atoms with Crippen molar-refractivity contribution in [1.29, 1.82) is 0 Å². The highest BCUT2D eigenvalue weighted by atomic mass is 32.1. The molecular weight excluding hydrogens is 328 g/mol. The number of nitrogens with zero attached hydrogens (tertiary/aromatic N) is 1. The molecule has 0 unspecified atom stereocenters. The second-order valence-corrected chi connectivity index (χ2v) is 6.10. The maximum atomic E-state index is 12.1. The molecule has 7 nitrogen and oxygen atoms in total. The molecule has 1 atom stereocenters. The number of hydrogen-bond donors (Lipinski definition) is 3. The summed E-state index contributed by atoms with van der Waals surface area (Å²) in [7, 11) is 1.45. The molecule has 0 spiro atoms. The molecule has 8 heteroatoms. The van der Waals surface area contributed by atoms with Gasteiger partial charge < -0.3 is 20.7 Å². The van der Waals surface area contributed by atoms with Crippen molar-refractivity contribution < 1.29 is 14.3 Å². The zero-order valence-electron chi connectivity index (χ0n) is 13.8. The molecule has 0 saturated heterocycles. The first kappa shape index (κ1) is 17.9. The molecule has 1 heterocycles. The van der Waals surface area contributed by atoms with Crippen molar-refractivity contribution in [2.75, 3.05) is 24.4 Å². The zero-order valence-corrected chi connectivity index (χ0v) is 14.6. The van der Waals surface area contributed by atoms with Gasteiger partial charge in [-0.05, 0) is 32.0 Å². The Bertz CT molecular complexity index is 717. The van der Waals surface area contributed by atoms with Crippen LogP contribution in [0.3, 0.4) is 0 Å². The summed E-state index contributed by atoms with van der Waals surface area (Å²) in [6.45, 7) is 3.76. The third-order valence-electron chi connectivity index (χ3n) is 3.03. The number of urea groups is 1. The van der Waals surface area contributed by atoms with Gasteiger partial charge in [0.1, 0.15) is 11.6 Å². The molecule has 0 radical (unpaired) electrons. The van der Waals surface area contributed by atoms with Crippen LogP contribution in [-0.2, 0) is 9.53 Å². The Labute approximate surface area is 144 Å². The van der Waals surface area contributed by atoms with Crippen molar-refractivity contribution >= 4 is 34.6 Å². The normalized spacial score (nSPS) is 11.6.